The van der Waals surface area contributed by atoms with Gasteiger partial charge in [-0.1, -0.05) is 29.8 Å². The van der Waals surface area contributed by atoms with Crippen LogP contribution in [-0.4, -0.2) is 11.6 Å². The molecule has 2 aromatic rings. The SMILES string of the molecule is C/C(=N\NC(=O)c1ccc(C)cc1)c1cccc(N)c1. The Bertz CT molecular complexity index is 645. The van der Waals surface area contributed by atoms with Crippen LogP contribution in [0.4, 0.5) is 5.69 Å². The number of hydrogen-bond donors (Lipinski definition) is 2. The normalized spacial score (nSPS) is 11.2. The molecule has 0 heterocycles. The quantitative estimate of drug-likeness (QED) is 0.510. The average molecular weight is 267 g/mol. The minimum absolute atomic E-state index is 0.228. The zero-order valence-corrected chi connectivity index (χ0v) is 11.6. The highest BCUT2D eigenvalue weighted by molar-refractivity contribution is 6.01. The number of anilines is 1. The van der Waals surface area contributed by atoms with Gasteiger partial charge in [0, 0.05) is 11.3 Å². The number of carbonyl (C=O) groups excluding carboxylic acids is 1. The molecular formula is C16H17N3O. The fourth-order valence-electron chi connectivity index (χ4n) is 1.73. The van der Waals surface area contributed by atoms with Crippen LogP contribution < -0.4 is 11.2 Å². The lowest BCUT2D eigenvalue weighted by Crippen LogP contribution is -2.19. The Balaban J connectivity index is 2.08. The Morgan fingerprint density at radius 2 is 1.80 bits per heavy atom. The molecule has 2 rings (SSSR count). The van der Waals surface area contributed by atoms with Crippen molar-refractivity contribution in [2.45, 2.75) is 13.8 Å². The summed E-state index contributed by atoms with van der Waals surface area (Å²) < 4.78 is 0. The Morgan fingerprint density at radius 1 is 1.10 bits per heavy atom. The van der Waals surface area contributed by atoms with Crippen molar-refractivity contribution in [1.82, 2.24) is 5.43 Å². The van der Waals surface area contributed by atoms with Crippen LogP contribution in [0.25, 0.3) is 0 Å². The van der Waals surface area contributed by atoms with E-state index in [-0.39, 0.29) is 5.91 Å². The van der Waals surface area contributed by atoms with E-state index in [1.54, 1.807) is 12.1 Å². The van der Waals surface area contributed by atoms with Gasteiger partial charge in [0.1, 0.15) is 0 Å². The fraction of sp³-hybridized carbons (Fsp3) is 0.125. The summed E-state index contributed by atoms with van der Waals surface area (Å²) in [6.45, 7) is 3.80. The molecule has 0 bridgehead atoms. The number of aryl methyl sites for hydroxylation is 1. The second-order valence-electron chi connectivity index (χ2n) is 4.63. The molecule has 0 unspecified atom stereocenters. The summed E-state index contributed by atoms with van der Waals surface area (Å²) in [5.74, 6) is -0.228. The predicted molar refractivity (Wildman–Crippen MR) is 81.7 cm³/mol. The number of nitrogens with two attached hydrogens (primary N) is 1. The molecule has 0 atom stereocenters. The number of hydrogen-bond acceptors (Lipinski definition) is 3. The molecule has 0 aliphatic heterocycles. The van der Waals surface area contributed by atoms with Gasteiger partial charge >= 0.3 is 0 Å². The highest BCUT2D eigenvalue weighted by Gasteiger charge is 2.04. The van der Waals surface area contributed by atoms with Crippen LogP contribution in [0.1, 0.15) is 28.4 Å². The minimum Gasteiger partial charge on any atom is -0.399 e. The molecule has 0 aliphatic rings. The zero-order valence-electron chi connectivity index (χ0n) is 11.6. The second kappa shape index (κ2) is 6.02. The maximum Gasteiger partial charge on any atom is 0.271 e. The minimum atomic E-state index is -0.228. The highest BCUT2D eigenvalue weighted by atomic mass is 16.2. The monoisotopic (exact) mass is 267 g/mol. The van der Waals surface area contributed by atoms with Gasteiger partial charge in [0.15, 0.2) is 0 Å². The van der Waals surface area contributed by atoms with Crippen molar-refractivity contribution in [2.75, 3.05) is 5.73 Å². The third-order valence-corrected chi connectivity index (χ3v) is 2.94. The smallest absolute Gasteiger partial charge is 0.271 e. The second-order valence-corrected chi connectivity index (χ2v) is 4.63. The van der Waals surface area contributed by atoms with E-state index >= 15 is 0 Å². The van der Waals surface area contributed by atoms with Crippen molar-refractivity contribution in [2.24, 2.45) is 5.10 Å². The molecule has 1 amide bonds. The number of rotatable bonds is 3. The third-order valence-electron chi connectivity index (χ3n) is 2.94. The number of carbonyl (C=O) groups is 1. The number of nitrogens with one attached hydrogen (secondary N) is 1. The number of nitrogen functional groups attached to an aromatic ring is 1. The molecule has 4 heteroatoms. The summed E-state index contributed by atoms with van der Waals surface area (Å²) in [6, 6.07) is 14.7. The summed E-state index contributed by atoms with van der Waals surface area (Å²) in [5.41, 5.74) is 12.2. The summed E-state index contributed by atoms with van der Waals surface area (Å²) in [4.78, 5) is 11.9. The van der Waals surface area contributed by atoms with Gasteiger partial charge in [-0.25, -0.2) is 5.43 Å². The van der Waals surface area contributed by atoms with E-state index in [1.165, 1.54) is 0 Å². The maximum absolute atomic E-state index is 11.9. The standard InChI is InChI=1S/C16H17N3O/c1-11-6-8-13(9-7-11)16(20)19-18-12(2)14-4-3-5-15(17)10-14/h3-10H,17H2,1-2H3,(H,19,20)/b18-12+. The molecule has 0 spiro atoms. The Labute approximate surface area is 118 Å². The molecule has 102 valence electrons. The van der Waals surface area contributed by atoms with E-state index in [2.05, 4.69) is 10.5 Å². The number of amides is 1. The summed E-state index contributed by atoms with van der Waals surface area (Å²) in [6.07, 6.45) is 0. The predicted octanol–water partition coefficient (Wildman–Crippen LogP) is 2.73. The van der Waals surface area contributed by atoms with Gasteiger partial charge in [-0.15, -0.1) is 0 Å². The molecule has 0 saturated carbocycles. The van der Waals surface area contributed by atoms with Crippen LogP contribution in [0.3, 0.4) is 0 Å². The fourth-order valence-corrected chi connectivity index (χ4v) is 1.73. The molecule has 0 fully saturated rings. The van der Waals surface area contributed by atoms with Crippen molar-refractivity contribution in [3.8, 4) is 0 Å². The Kier molecular flexibility index (Phi) is 4.15. The van der Waals surface area contributed by atoms with Crippen molar-refractivity contribution in [1.29, 1.82) is 0 Å². The number of nitrogens with zero attached hydrogens (tertiary/aromatic N) is 1. The number of benzene rings is 2. The first-order valence-electron chi connectivity index (χ1n) is 6.33. The lowest BCUT2D eigenvalue weighted by molar-refractivity contribution is 0.0955. The van der Waals surface area contributed by atoms with E-state index in [1.807, 2.05) is 50.2 Å². The van der Waals surface area contributed by atoms with E-state index in [0.717, 1.165) is 11.1 Å². The maximum atomic E-state index is 11.9. The molecule has 3 N–H and O–H groups in total. The molecule has 0 aliphatic carbocycles. The summed E-state index contributed by atoms with van der Waals surface area (Å²) in [5, 5.41) is 4.10. The van der Waals surface area contributed by atoms with Crippen molar-refractivity contribution in [3.05, 3.63) is 65.2 Å². The summed E-state index contributed by atoms with van der Waals surface area (Å²) >= 11 is 0. The molecule has 0 saturated heterocycles. The Morgan fingerprint density at radius 3 is 2.45 bits per heavy atom. The van der Waals surface area contributed by atoms with Gasteiger partial charge in [0.2, 0.25) is 0 Å². The van der Waals surface area contributed by atoms with Gasteiger partial charge < -0.3 is 5.73 Å². The van der Waals surface area contributed by atoms with Gasteiger partial charge in [-0.2, -0.15) is 5.10 Å². The van der Waals surface area contributed by atoms with Crippen LogP contribution in [0, 0.1) is 6.92 Å². The van der Waals surface area contributed by atoms with Crippen LogP contribution in [-0.2, 0) is 0 Å². The van der Waals surface area contributed by atoms with Crippen molar-refractivity contribution < 1.29 is 4.79 Å². The van der Waals surface area contributed by atoms with E-state index < -0.39 is 0 Å². The lowest BCUT2D eigenvalue weighted by atomic mass is 10.1. The first-order valence-corrected chi connectivity index (χ1v) is 6.33. The van der Waals surface area contributed by atoms with Gasteiger partial charge in [-0.05, 0) is 43.7 Å². The number of hydrazone groups is 1. The first-order chi connectivity index (χ1) is 9.56. The molecule has 2 aromatic carbocycles. The third kappa shape index (κ3) is 3.45. The zero-order chi connectivity index (χ0) is 14.5. The molecule has 20 heavy (non-hydrogen) atoms. The summed E-state index contributed by atoms with van der Waals surface area (Å²) in [7, 11) is 0. The average Bonchev–Trinajstić information content (AvgIpc) is 2.45. The highest BCUT2D eigenvalue weighted by Crippen LogP contribution is 2.08. The van der Waals surface area contributed by atoms with Gasteiger partial charge in [0.05, 0.1) is 5.71 Å². The van der Waals surface area contributed by atoms with Crippen LogP contribution in [0.15, 0.2) is 53.6 Å². The van der Waals surface area contributed by atoms with E-state index in [4.69, 9.17) is 5.73 Å². The molecule has 0 aromatic heterocycles. The first kappa shape index (κ1) is 13.8. The largest absolute Gasteiger partial charge is 0.399 e. The topological polar surface area (TPSA) is 67.5 Å². The van der Waals surface area contributed by atoms with E-state index in [0.29, 0.717) is 17.0 Å². The van der Waals surface area contributed by atoms with Crippen LogP contribution in [0.2, 0.25) is 0 Å². The lowest BCUT2D eigenvalue weighted by Gasteiger charge is -2.04. The van der Waals surface area contributed by atoms with Crippen molar-refractivity contribution >= 4 is 17.3 Å². The molecule has 4 nitrogen and oxygen atoms in total. The van der Waals surface area contributed by atoms with Gasteiger partial charge in [-0.3, -0.25) is 4.79 Å². The van der Waals surface area contributed by atoms with Crippen LogP contribution >= 0.6 is 0 Å². The van der Waals surface area contributed by atoms with Crippen LogP contribution in [0.5, 0.6) is 0 Å². The molecular weight excluding hydrogens is 250 g/mol. The van der Waals surface area contributed by atoms with Gasteiger partial charge in [0.25, 0.3) is 5.91 Å². The van der Waals surface area contributed by atoms with E-state index in [9.17, 15) is 4.79 Å². The Hall–Kier alpha value is -2.62. The van der Waals surface area contributed by atoms with Crippen molar-refractivity contribution in [3.63, 3.8) is 0 Å². The molecule has 0 radical (unpaired) electrons.